The molecule has 1 aromatic rings. The second-order valence-corrected chi connectivity index (χ2v) is 3.92. The van der Waals surface area contributed by atoms with Crippen molar-refractivity contribution in [1.82, 2.24) is 20.0 Å². The third-order valence-corrected chi connectivity index (χ3v) is 2.45. The van der Waals surface area contributed by atoms with Gasteiger partial charge in [0.1, 0.15) is 6.54 Å². The van der Waals surface area contributed by atoms with Gasteiger partial charge in [0.25, 0.3) is 0 Å². The van der Waals surface area contributed by atoms with Crippen LogP contribution in [0.2, 0.25) is 0 Å². The number of aromatic nitrogens is 2. The molecule has 0 saturated carbocycles. The predicted molar refractivity (Wildman–Crippen MR) is 64.9 cm³/mol. The monoisotopic (exact) mass is 254 g/mol. The highest BCUT2D eigenvalue weighted by atomic mass is 16.4. The van der Waals surface area contributed by atoms with E-state index in [9.17, 15) is 9.59 Å². The van der Waals surface area contributed by atoms with Crippen molar-refractivity contribution >= 4 is 12.0 Å². The second kappa shape index (κ2) is 6.63. The maximum atomic E-state index is 11.8. The van der Waals surface area contributed by atoms with Crippen molar-refractivity contribution in [3.63, 3.8) is 0 Å². The summed E-state index contributed by atoms with van der Waals surface area (Å²) >= 11 is 0. The number of aliphatic carboxylic acids is 1. The Hall–Kier alpha value is -2.05. The van der Waals surface area contributed by atoms with E-state index in [1.165, 1.54) is 4.90 Å². The molecule has 2 amide bonds. The number of rotatable bonds is 6. The quantitative estimate of drug-likeness (QED) is 0.770. The molecule has 1 heterocycles. The van der Waals surface area contributed by atoms with Gasteiger partial charge in [-0.1, -0.05) is 6.92 Å². The lowest BCUT2D eigenvalue weighted by Crippen LogP contribution is -2.43. The van der Waals surface area contributed by atoms with Crippen molar-refractivity contribution in [2.75, 3.05) is 13.1 Å². The average Bonchev–Trinajstić information content (AvgIpc) is 2.70. The van der Waals surface area contributed by atoms with Gasteiger partial charge in [0.15, 0.2) is 0 Å². The van der Waals surface area contributed by atoms with Crippen LogP contribution in [0.5, 0.6) is 0 Å². The van der Waals surface area contributed by atoms with Crippen LogP contribution >= 0.6 is 0 Å². The van der Waals surface area contributed by atoms with E-state index in [1.54, 1.807) is 24.0 Å². The molecule has 0 aromatic carbocycles. The van der Waals surface area contributed by atoms with Gasteiger partial charge in [-0.15, -0.1) is 0 Å². The first-order chi connectivity index (χ1) is 8.54. The van der Waals surface area contributed by atoms with Gasteiger partial charge in [-0.2, -0.15) is 5.10 Å². The summed E-state index contributed by atoms with van der Waals surface area (Å²) < 4.78 is 1.65. The lowest BCUT2D eigenvalue weighted by atomic mass is 10.4. The molecule has 7 heteroatoms. The van der Waals surface area contributed by atoms with Gasteiger partial charge in [-0.25, -0.2) is 4.79 Å². The van der Waals surface area contributed by atoms with Gasteiger partial charge in [0, 0.05) is 19.8 Å². The molecule has 0 saturated heterocycles. The third-order valence-electron chi connectivity index (χ3n) is 2.45. The van der Waals surface area contributed by atoms with E-state index in [0.29, 0.717) is 19.5 Å². The summed E-state index contributed by atoms with van der Waals surface area (Å²) in [5.74, 6) is -1.01. The van der Waals surface area contributed by atoms with Crippen LogP contribution in [0.1, 0.15) is 19.0 Å². The van der Waals surface area contributed by atoms with E-state index in [2.05, 4.69) is 10.4 Å². The third kappa shape index (κ3) is 4.08. The normalized spacial score (nSPS) is 10.1. The average molecular weight is 254 g/mol. The Balaban J connectivity index is 2.51. The molecule has 1 rings (SSSR count). The molecule has 100 valence electrons. The van der Waals surface area contributed by atoms with E-state index < -0.39 is 5.97 Å². The van der Waals surface area contributed by atoms with E-state index in [1.807, 2.05) is 6.92 Å². The molecule has 0 fully saturated rings. The van der Waals surface area contributed by atoms with Gasteiger partial charge in [-0.05, 0) is 12.5 Å². The predicted octanol–water partition coefficient (Wildman–Crippen LogP) is 0.426. The van der Waals surface area contributed by atoms with Gasteiger partial charge in [0.05, 0.1) is 12.2 Å². The molecule has 0 unspecified atom stereocenters. The summed E-state index contributed by atoms with van der Waals surface area (Å²) in [5.41, 5.74) is 0.857. The fraction of sp³-hybridized carbons (Fsp3) is 0.545. The topological polar surface area (TPSA) is 87.5 Å². The molecule has 2 N–H and O–H groups in total. The molecular weight excluding hydrogens is 236 g/mol. The molecular formula is C11H18N4O3. The molecule has 7 nitrogen and oxygen atoms in total. The van der Waals surface area contributed by atoms with Crippen molar-refractivity contribution in [3.8, 4) is 0 Å². The Morgan fingerprint density at radius 2 is 2.28 bits per heavy atom. The minimum absolute atomic E-state index is 0.287. The summed E-state index contributed by atoms with van der Waals surface area (Å²) in [6.07, 6.45) is 2.36. The van der Waals surface area contributed by atoms with Crippen LogP contribution in [-0.4, -0.2) is 44.9 Å². The number of carboxylic acid groups (broad SMARTS) is 1. The summed E-state index contributed by atoms with van der Waals surface area (Å²) in [6, 6.07) is 1.42. The molecule has 0 aliphatic heterocycles. The number of carbonyl (C=O) groups is 2. The van der Waals surface area contributed by atoms with Crippen LogP contribution in [0, 0.1) is 0 Å². The molecule has 0 spiro atoms. The first-order valence-corrected chi connectivity index (χ1v) is 5.76. The van der Waals surface area contributed by atoms with Gasteiger partial charge < -0.3 is 15.3 Å². The van der Waals surface area contributed by atoms with E-state index in [4.69, 9.17) is 5.11 Å². The Kier molecular flexibility index (Phi) is 5.16. The minimum Gasteiger partial charge on any atom is -0.480 e. The number of urea groups is 1. The Morgan fingerprint density at radius 1 is 1.56 bits per heavy atom. The zero-order valence-electron chi connectivity index (χ0n) is 10.6. The number of nitrogens with zero attached hydrogens (tertiary/aromatic N) is 3. The van der Waals surface area contributed by atoms with Crippen molar-refractivity contribution in [3.05, 3.63) is 18.0 Å². The van der Waals surface area contributed by atoms with Crippen LogP contribution in [0.3, 0.4) is 0 Å². The zero-order valence-corrected chi connectivity index (χ0v) is 10.6. The number of hydrogen-bond acceptors (Lipinski definition) is 3. The molecule has 1 aromatic heterocycles. The molecule has 0 aliphatic rings. The Labute approximate surface area is 105 Å². The number of carboxylic acids is 1. The number of carbonyl (C=O) groups excluding carboxylic acids is 1. The lowest BCUT2D eigenvalue weighted by Gasteiger charge is -2.20. The summed E-state index contributed by atoms with van der Waals surface area (Å²) in [7, 11) is 1.78. The maximum Gasteiger partial charge on any atom is 0.323 e. The minimum atomic E-state index is -1.01. The van der Waals surface area contributed by atoms with Crippen LogP contribution in [-0.2, 0) is 18.4 Å². The van der Waals surface area contributed by atoms with Gasteiger partial charge >= 0.3 is 12.0 Å². The van der Waals surface area contributed by atoms with Gasteiger partial charge in [-0.3, -0.25) is 9.48 Å². The molecule has 18 heavy (non-hydrogen) atoms. The summed E-state index contributed by atoms with van der Waals surface area (Å²) in [6.45, 7) is 2.35. The van der Waals surface area contributed by atoms with E-state index >= 15 is 0 Å². The van der Waals surface area contributed by atoms with E-state index in [-0.39, 0.29) is 12.6 Å². The molecule has 0 radical (unpaired) electrons. The number of amides is 2. The van der Waals surface area contributed by atoms with Crippen molar-refractivity contribution in [2.45, 2.75) is 19.9 Å². The second-order valence-electron chi connectivity index (χ2n) is 3.92. The first kappa shape index (κ1) is 14.0. The zero-order chi connectivity index (χ0) is 13.5. The highest BCUT2D eigenvalue weighted by molar-refractivity contribution is 5.80. The maximum absolute atomic E-state index is 11.8. The van der Waals surface area contributed by atoms with Crippen LogP contribution in [0.15, 0.2) is 12.3 Å². The fourth-order valence-corrected chi connectivity index (χ4v) is 1.54. The molecule has 0 aliphatic carbocycles. The fourth-order valence-electron chi connectivity index (χ4n) is 1.54. The summed E-state index contributed by atoms with van der Waals surface area (Å²) in [5, 5.41) is 15.4. The lowest BCUT2D eigenvalue weighted by molar-refractivity contribution is -0.137. The van der Waals surface area contributed by atoms with Crippen LogP contribution < -0.4 is 5.32 Å². The van der Waals surface area contributed by atoms with Crippen LogP contribution in [0.4, 0.5) is 4.79 Å². The van der Waals surface area contributed by atoms with Crippen molar-refractivity contribution in [2.24, 2.45) is 7.05 Å². The number of aryl methyl sites for hydroxylation is 1. The highest BCUT2D eigenvalue weighted by Gasteiger charge is 2.15. The summed E-state index contributed by atoms with van der Waals surface area (Å²) in [4.78, 5) is 23.7. The first-order valence-electron chi connectivity index (χ1n) is 5.76. The van der Waals surface area contributed by atoms with Crippen molar-refractivity contribution < 1.29 is 14.7 Å². The van der Waals surface area contributed by atoms with Crippen LogP contribution in [0.25, 0.3) is 0 Å². The molecule has 0 atom stereocenters. The number of hydrogen-bond donors (Lipinski definition) is 2. The highest BCUT2D eigenvalue weighted by Crippen LogP contribution is 1.97. The Bertz CT molecular complexity index is 416. The molecule has 0 bridgehead atoms. The SMILES string of the molecule is CCCN(CC(=O)O)C(=O)NCc1ccnn1C. The standard InChI is InChI=1S/C11H18N4O3/c1-3-6-15(8-10(16)17)11(18)12-7-9-4-5-13-14(9)2/h4-5H,3,6-8H2,1-2H3,(H,12,18)(H,16,17). The smallest absolute Gasteiger partial charge is 0.323 e. The van der Waals surface area contributed by atoms with E-state index in [0.717, 1.165) is 5.69 Å². The Morgan fingerprint density at radius 3 is 2.78 bits per heavy atom. The largest absolute Gasteiger partial charge is 0.480 e. The number of nitrogens with one attached hydrogen (secondary N) is 1. The van der Waals surface area contributed by atoms with Gasteiger partial charge in [0.2, 0.25) is 0 Å². The van der Waals surface area contributed by atoms with Crippen molar-refractivity contribution in [1.29, 1.82) is 0 Å².